The van der Waals surface area contributed by atoms with Gasteiger partial charge in [-0.3, -0.25) is 24.5 Å². The van der Waals surface area contributed by atoms with Gasteiger partial charge in [-0.25, -0.2) is 0 Å². The van der Waals surface area contributed by atoms with Crippen LogP contribution < -0.4 is 16.0 Å². The average Bonchev–Trinajstić information content (AvgIpc) is 2.73. The minimum atomic E-state index is -0.945. The lowest BCUT2D eigenvalue weighted by Gasteiger charge is -2.22. The smallest absolute Gasteiger partial charge is 0.325 e. The molecule has 0 heterocycles. The number of hydrogen-bond acceptors (Lipinski definition) is 9. The van der Waals surface area contributed by atoms with Crippen molar-refractivity contribution < 1.29 is 33.8 Å². The first-order valence-electron chi connectivity index (χ1n) is 10.7. The third-order valence-electron chi connectivity index (χ3n) is 4.25. The fourth-order valence-electron chi connectivity index (χ4n) is 2.65. The van der Waals surface area contributed by atoms with Gasteiger partial charge in [0.15, 0.2) is 0 Å². The van der Waals surface area contributed by atoms with Crippen LogP contribution in [0.2, 0.25) is 0 Å². The molecule has 0 aliphatic carbocycles. The highest BCUT2D eigenvalue weighted by atomic mass is 32.1. The van der Waals surface area contributed by atoms with Gasteiger partial charge in [0.1, 0.15) is 24.9 Å². The molecule has 0 saturated carbocycles. The van der Waals surface area contributed by atoms with E-state index in [0.717, 1.165) is 19.3 Å². The molecule has 0 aromatic rings. The maximum Gasteiger partial charge on any atom is 0.325 e. The molecule has 0 aliphatic rings. The van der Waals surface area contributed by atoms with Gasteiger partial charge in [0, 0.05) is 12.2 Å². The maximum absolute atomic E-state index is 12.3. The summed E-state index contributed by atoms with van der Waals surface area (Å²) in [6.07, 6.45) is 2.39. The van der Waals surface area contributed by atoms with Gasteiger partial charge >= 0.3 is 11.9 Å². The lowest BCUT2D eigenvalue weighted by atomic mass is 10.1. The Labute approximate surface area is 189 Å². The number of amides is 2. The van der Waals surface area contributed by atoms with Crippen LogP contribution in [0, 0.1) is 0 Å². The molecule has 2 amide bonds. The van der Waals surface area contributed by atoms with E-state index in [9.17, 15) is 24.3 Å². The predicted molar refractivity (Wildman–Crippen MR) is 118 cm³/mol. The summed E-state index contributed by atoms with van der Waals surface area (Å²) in [5.41, 5.74) is 0. The molecular weight excluding hydrogens is 426 g/mol. The summed E-state index contributed by atoms with van der Waals surface area (Å²) < 4.78 is 9.74. The predicted octanol–water partition coefficient (Wildman–Crippen LogP) is 0.281. The molecule has 180 valence electrons. The maximum atomic E-state index is 12.3. The molecule has 10 nitrogen and oxygen atoms in total. The molecule has 0 rings (SSSR count). The lowest BCUT2D eigenvalue weighted by Crippen LogP contribution is -2.50. The fraction of sp³-hybridized carbons (Fsp3) is 0.800. The number of carbonyl (C=O) groups excluding carboxylic acids is 4. The second-order valence-corrected chi connectivity index (χ2v) is 7.21. The summed E-state index contributed by atoms with van der Waals surface area (Å²) >= 11 is 4.06. The van der Waals surface area contributed by atoms with E-state index in [-0.39, 0.29) is 38.4 Å². The zero-order valence-corrected chi connectivity index (χ0v) is 19.5. The van der Waals surface area contributed by atoms with Crippen molar-refractivity contribution in [3.63, 3.8) is 0 Å². The Morgan fingerprint density at radius 3 is 2.23 bits per heavy atom. The van der Waals surface area contributed by atoms with Crippen LogP contribution in [0.25, 0.3) is 0 Å². The standard InChI is InChI=1S/C20H37N3O7S/c1-4-7-8-9-16(24)22-14(20(28)30-6-3)10-11-17(25)23-15(13-31)19(27)21-12-18(26)29-5-2/h14-16,22,24,31H,4-13H2,1-3H3,(H,21,27)(H,23,25)/t14-,15-,16?/m0/s1. The molecule has 31 heavy (non-hydrogen) atoms. The Morgan fingerprint density at radius 2 is 1.65 bits per heavy atom. The van der Waals surface area contributed by atoms with Crippen LogP contribution in [0.4, 0.5) is 0 Å². The molecule has 0 saturated heterocycles. The van der Waals surface area contributed by atoms with Gasteiger partial charge in [-0.1, -0.05) is 19.8 Å². The van der Waals surface area contributed by atoms with Crippen LogP contribution >= 0.6 is 12.6 Å². The van der Waals surface area contributed by atoms with E-state index in [2.05, 4.69) is 35.5 Å². The summed E-state index contributed by atoms with van der Waals surface area (Å²) in [6.45, 7) is 5.44. The Morgan fingerprint density at radius 1 is 0.968 bits per heavy atom. The van der Waals surface area contributed by atoms with Crippen molar-refractivity contribution in [2.24, 2.45) is 0 Å². The summed E-state index contributed by atoms with van der Waals surface area (Å²) in [5, 5.41) is 17.8. The minimum absolute atomic E-state index is 0.0239. The summed E-state index contributed by atoms with van der Waals surface area (Å²) in [5.74, 6) is -2.15. The highest BCUT2D eigenvalue weighted by molar-refractivity contribution is 7.80. The Bertz CT molecular complexity index is 563. The van der Waals surface area contributed by atoms with Crippen molar-refractivity contribution in [3.8, 4) is 0 Å². The van der Waals surface area contributed by atoms with Crippen LogP contribution in [0.3, 0.4) is 0 Å². The second-order valence-electron chi connectivity index (χ2n) is 6.85. The molecule has 1 unspecified atom stereocenters. The van der Waals surface area contributed by atoms with Crippen LogP contribution in [-0.4, -0.2) is 72.7 Å². The molecule has 0 aromatic heterocycles. The van der Waals surface area contributed by atoms with Crippen molar-refractivity contribution in [3.05, 3.63) is 0 Å². The largest absolute Gasteiger partial charge is 0.465 e. The fourth-order valence-corrected chi connectivity index (χ4v) is 2.90. The first-order valence-corrected chi connectivity index (χ1v) is 11.4. The normalized spacial score (nSPS) is 13.6. The van der Waals surface area contributed by atoms with Crippen LogP contribution in [0.5, 0.6) is 0 Å². The number of esters is 2. The zero-order valence-electron chi connectivity index (χ0n) is 18.6. The van der Waals surface area contributed by atoms with E-state index in [0.29, 0.717) is 6.42 Å². The van der Waals surface area contributed by atoms with Gasteiger partial charge in [-0.2, -0.15) is 12.6 Å². The molecule has 0 aromatic carbocycles. The van der Waals surface area contributed by atoms with Gasteiger partial charge < -0.3 is 25.2 Å². The van der Waals surface area contributed by atoms with E-state index < -0.39 is 42.1 Å². The summed E-state index contributed by atoms with van der Waals surface area (Å²) in [7, 11) is 0. The number of aliphatic hydroxyl groups excluding tert-OH is 1. The number of unbranched alkanes of at least 4 members (excludes halogenated alkanes) is 2. The number of rotatable bonds is 17. The summed E-state index contributed by atoms with van der Waals surface area (Å²) in [6, 6.07) is -1.80. The van der Waals surface area contributed by atoms with E-state index in [1.807, 2.05) is 0 Å². The van der Waals surface area contributed by atoms with E-state index in [4.69, 9.17) is 9.47 Å². The SMILES string of the molecule is CCCCCC(O)N[C@@H](CCC(=O)N[C@@H](CS)C(=O)NCC(=O)OCC)C(=O)OCC. The third kappa shape index (κ3) is 13.9. The molecular formula is C20H37N3O7S. The molecule has 4 N–H and O–H groups in total. The quantitative estimate of drug-likeness (QED) is 0.0896. The molecule has 3 atom stereocenters. The van der Waals surface area contributed by atoms with Crippen LogP contribution in [-0.2, 0) is 28.7 Å². The van der Waals surface area contributed by atoms with Crippen LogP contribution in [0.15, 0.2) is 0 Å². The van der Waals surface area contributed by atoms with Crippen molar-refractivity contribution >= 4 is 36.4 Å². The van der Waals surface area contributed by atoms with E-state index in [1.54, 1.807) is 13.8 Å². The Hall–Kier alpha value is -1.85. The van der Waals surface area contributed by atoms with Gasteiger partial charge in [0.2, 0.25) is 11.8 Å². The number of ether oxygens (including phenoxy) is 2. The Balaban J connectivity index is 4.66. The van der Waals surface area contributed by atoms with Crippen LogP contribution in [0.1, 0.15) is 59.3 Å². The van der Waals surface area contributed by atoms with Crippen molar-refractivity contribution in [1.82, 2.24) is 16.0 Å². The highest BCUT2D eigenvalue weighted by Gasteiger charge is 2.25. The van der Waals surface area contributed by atoms with Gasteiger partial charge in [0.25, 0.3) is 0 Å². The number of carbonyl (C=O) groups is 4. The molecule has 0 fully saturated rings. The molecule has 0 bridgehead atoms. The average molecular weight is 464 g/mol. The highest BCUT2D eigenvalue weighted by Crippen LogP contribution is 2.07. The Kier molecular flexibility index (Phi) is 16.7. The minimum Gasteiger partial charge on any atom is -0.465 e. The second kappa shape index (κ2) is 17.8. The monoisotopic (exact) mass is 463 g/mol. The van der Waals surface area contributed by atoms with Crippen molar-refractivity contribution in [2.45, 2.75) is 77.6 Å². The topological polar surface area (TPSA) is 143 Å². The number of thiol groups is 1. The molecule has 0 aliphatic heterocycles. The van der Waals surface area contributed by atoms with Gasteiger partial charge in [-0.05, 0) is 33.1 Å². The van der Waals surface area contributed by atoms with E-state index >= 15 is 0 Å². The first-order chi connectivity index (χ1) is 14.8. The number of aliphatic hydroxyl groups is 1. The van der Waals surface area contributed by atoms with Crippen molar-refractivity contribution in [2.75, 3.05) is 25.5 Å². The molecule has 11 heteroatoms. The summed E-state index contributed by atoms with van der Waals surface area (Å²) in [4.78, 5) is 47.9. The third-order valence-corrected chi connectivity index (χ3v) is 4.62. The number of hydrogen-bond donors (Lipinski definition) is 5. The zero-order chi connectivity index (χ0) is 23.6. The number of nitrogens with one attached hydrogen (secondary N) is 3. The molecule has 0 spiro atoms. The van der Waals surface area contributed by atoms with Gasteiger partial charge in [-0.15, -0.1) is 0 Å². The van der Waals surface area contributed by atoms with E-state index in [1.165, 1.54) is 0 Å². The lowest BCUT2D eigenvalue weighted by molar-refractivity contribution is -0.147. The first kappa shape index (κ1) is 29.1. The van der Waals surface area contributed by atoms with Gasteiger partial charge in [0.05, 0.1) is 13.2 Å². The molecule has 0 radical (unpaired) electrons. The van der Waals surface area contributed by atoms with Crippen molar-refractivity contribution in [1.29, 1.82) is 0 Å².